The van der Waals surface area contributed by atoms with E-state index in [1.54, 1.807) is 6.92 Å². The summed E-state index contributed by atoms with van der Waals surface area (Å²) in [6.45, 7) is 4.10. The molecule has 0 fully saturated rings. The molecule has 112 valence electrons. The van der Waals surface area contributed by atoms with Crippen LogP contribution in [0.2, 0.25) is 0 Å². The lowest BCUT2D eigenvalue weighted by Crippen LogP contribution is -2.23. The van der Waals surface area contributed by atoms with Gasteiger partial charge in [0, 0.05) is 26.0 Å². The largest absolute Gasteiger partial charge is 0.462 e. The van der Waals surface area contributed by atoms with E-state index in [0.717, 1.165) is 0 Å². The third kappa shape index (κ3) is 6.97. The molecule has 0 N–H and O–H groups in total. The van der Waals surface area contributed by atoms with Crippen LogP contribution in [0.4, 0.5) is 0 Å². The molecule has 0 spiro atoms. The van der Waals surface area contributed by atoms with Crippen LogP contribution in [0.1, 0.15) is 31.8 Å². The summed E-state index contributed by atoms with van der Waals surface area (Å²) in [6.07, 6.45) is -0.500. The van der Waals surface area contributed by atoms with Gasteiger partial charge in [0.2, 0.25) is 0 Å². The fraction of sp³-hybridized carbons (Fsp3) is 0.400. The van der Waals surface area contributed by atoms with E-state index in [1.807, 2.05) is 0 Å². The highest BCUT2D eigenvalue weighted by atomic mass is 16.6. The van der Waals surface area contributed by atoms with Crippen molar-refractivity contribution in [1.82, 2.24) is 0 Å². The predicted molar refractivity (Wildman–Crippen MR) is 73.4 cm³/mol. The van der Waals surface area contributed by atoms with Crippen LogP contribution in [0, 0.1) is 18.8 Å². The Labute approximate surface area is 122 Å². The molecule has 1 aromatic rings. The first-order valence-corrected chi connectivity index (χ1v) is 6.28. The summed E-state index contributed by atoms with van der Waals surface area (Å²) in [5.74, 6) is 5.14. The van der Waals surface area contributed by atoms with Crippen molar-refractivity contribution >= 4 is 11.9 Å². The average Bonchev–Trinajstić information content (AvgIpc) is 2.33. The number of rotatable bonds is 4. The van der Waals surface area contributed by atoms with Crippen LogP contribution in [0.5, 0.6) is 0 Å². The van der Waals surface area contributed by atoms with Crippen LogP contribution < -0.4 is 5.43 Å². The van der Waals surface area contributed by atoms with Gasteiger partial charge in [0.25, 0.3) is 0 Å². The first-order chi connectivity index (χ1) is 9.86. The van der Waals surface area contributed by atoms with Crippen molar-refractivity contribution in [1.29, 1.82) is 0 Å². The van der Waals surface area contributed by atoms with E-state index in [4.69, 9.17) is 13.9 Å². The second kappa shape index (κ2) is 7.90. The SMILES string of the molecule is CC(=O)OC[C@@H](CC#Cc1cc(=O)cc(C)o1)OC(C)=O. The van der Waals surface area contributed by atoms with E-state index in [1.165, 1.54) is 26.0 Å². The van der Waals surface area contributed by atoms with Gasteiger partial charge in [-0.05, 0) is 12.8 Å². The van der Waals surface area contributed by atoms with Crippen molar-refractivity contribution in [3.05, 3.63) is 33.9 Å². The third-order valence-corrected chi connectivity index (χ3v) is 2.24. The highest BCUT2D eigenvalue weighted by Gasteiger charge is 2.12. The minimum Gasteiger partial charge on any atom is -0.462 e. The Morgan fingerprint density at radius 3 is 2.57 bits per heavy atom. The summed E-state index contributed by atoms with van der Waals surface area (Å²) in [5, 5.41) is 0. The molecule has 0 saturated heterocycles. The van der Waals surface area contributed by atoms with Gasteiger partial charge in [-0.15, -0.1) is 0 Å². The molecule has 0 aliphatic carbocycles. The molecule has 0 aliphatic rings. The molecule has 0 aliphatic heterocycles. The number of aryl methyl sites for hydroxylation is 1. The Bertz CT molecular complexity index is 632. The fourth-order valence-electron chi connectivity index (χ4n) is 1.50. The standard InChI is InChI=1S/C15H16O6/c1-10-7-13(18)8-14(20-10)5-4-6-15(21-12(3)17)9-19-11(2)16/h7-8,15H,6,9H2,1-3H3/t15-/m1/s1. The van der Waals surface area contributed by atoms with Crippen molar-refractivity contribution in [2.75, 3.05) is 6.61 Å². The van der Waals surface area contributed by atoms with Crippen molar-refractivity contribution < 1.29 is 23.5 Å². The summed E-state index contributed by atoms with van der Waals surface area (Å²) >= 11 is 0. The van der Waals surface area contributed by atoms with Crippen molar-refractivity contribution in [3.63, 3.8) is 0 Å². The van der Waals surface area contributed by atoms with E-state index in [-0.39, 0.29) is 24.2 Å². The highest BCUT2D eigenvalue weighted by molar-refractivity contribution is 5.67. The fourth-order valence-corrected chi connectivity index (χ4v) is 1.50. The van der Waals surface area contributed by atoms with E-state index in [2.05, 4.69) is 11.8 Å². The first-order valence-electron chi connectivity index (χ1n) is 6.28. The zero-order chi connectivity index (χ0) is 15.8. The van der Waals surface area contributed by atoms with Gasteiger partial charge in [-0.3, -0.25) is 14.4 Å². The maximum Gasteiger partial charge on any atom is 0.303 e. The summed E-state index contributed by atoms with van der Waals surface area (Å²) in [6, 6.07) is 2.63. The molecule has 0 bridgehead atoms. The Morgan fingerprint density at radius 1 is 1.29 bits per heavy atom. The van der Waals surface area contributed by atoms with Gasteiger partial charge < -0.3 is 13.9 Å². The minimum atomic E-state index is -0.657. The Balaban J connectivity index is 2.71. The molecule has 6 nitrogen and oxygen atoms in total. The first kappa shape index (κ1) is 16.5. The lowest BCUT2D eigenvalue weighted by Gasteiger charge is -2.13. The third-order valence-electron chi connectivity index (χ3n) is 2.24. The summed E-state index contributed by atoms with van der Waals surface area (Å²) < 4.78 is 15.0. The number of esters is 2. The normalized spacial score (nSPS) is 11.0. The molecule has 0 unspecified atom stereocenters. The van der Waals surface area contributed by atoms with Crippen LogP contribution >= 0.6 is 0 Å². The van der Waals surface area contributed by atoms with Crippen molar-refractivity contribution in [3.8, 4) is 11.8 Å². The van der Waals surface area contributed by atoms with Crippen molar-refractivity contribution in [2.24, 2.45) is 0 Å². The van der Waals surface area contributed by atoms with Crippen LogP contribution in [-0.2, 0) is 19.1 Å². The van der Waals surface area contributed by atoms with E-state index in [0.29, 0.717) is 5.76 Å². The molecular formula is C15H16O6. The molecule has 0 saturated carbocycles. The quantitative estimate of drug-likeness (QED) is 0.612. The number of hydrogen-bond acceptors (Lipinski definition) is 6. The predicted octanol–water partition coefficient (Wildman–Crippen LogP) is 1.18. The topological polar surface area (TPSA) is 82.8 Å². The maximum absolute atomic E-state index is 11.3. The smallest absolute Gasteiger partial charge is 0.303 e. The molecule has 6 heteroatoms. The molecule has 1 atom stereocenters. The molecular weight excluding hydrogens is 276 g/mol. The van der Waals surface area contributed by atoms with Gasteiger partial charge in [0.05, 0.1) is 6.42 Å². The van der Waals surface area contributed by atoms with E-state index >= 15 is 0 Å². The van der Waals surface area contributed by atoms with Crippen LogP contribution in [-0.4, -0.2) is 24.6 Å². The maximum atomic E-state index is 11.3. The lowest BCUT2D eigenvalue weighted by molar-refractivity contribution is -0.155. The Hall–Kier alpha value is -2.55. The summed E-state index contributed by atoms with van der Waals surface area (Å²) in [4.78, 5) is 33.0. The Kier molecular flexibility index (Phi) is 6.21. The van der Waals surface area contributed by atoms with Crippen LogP contribution in [0.3, 0.4) is 0 Å². The average molecular weight is 292 g/mol. The summed E-state index contributed by atoms with van der Waals surface area (Å²) in [5.41, 5.74) is -0.195. The number of carbonyl (C=O) groups excluding carboxylic acids is 2. The highest BCUT2D eigenvalue weighted by Crippen LogP contribution is 2.02. The van der Waals surface area contributed by atoms with Gasteiger partial charge in [-0.2, -0.15) is 0 Å². The molecule has 0 amide bonds. The number of hydrogen-bond donors (Lipinski definition) is 0. The number of ether oxygens (including phenoxy) is 2. The van der Waals surface area contributed by atoms with Crippen molar-refractivity contribution in [2.45, 2.75) is 33.3 Å². The van der Waals surface area contributed by atoms with Gasteiger partial charge >= 0.3 is 11.9 Å². The molecule has 1 rings (SSSR count). The van der Waals surface area contributed by atoms with Gasteiger partial charge in [0.1, 0.15) is 18.5 Å². The zero-order valence-corrected chi connectivity index (χ0v) is 12.1. The Morgan fingerprint density at radius 2 is 2.00 bits per heavy atom. The molecule has 0 aromatic carbocycles. The second-order valence-corrected chi connectivity index (χ2v) is 4.31. The van der Waals surface area contributed by atoms with Gasteiger partial charge in [0.15, 0.2) is 11.2 Å². The number of carbonyl (C=O) groups is 2. The molecule has 1 aromatic heterocycles. The van der Waals surface area contributed by atoms with Gasteiger partial charge in [-0.1, -0.05) is 5.92 Å². The van der Waals surface area contributed by atoms with Crippen LogP contribution in [0.15, 0.2) is 21.3 Å². The van der Waals surface area contributed by atoms with E-state index in [9.17, 15) is 14.4 Å². The lowest BCUT2D eigenvalue weighted by atomic mass is 10.2. The van der Waals surface area contributed by atoms with Gasteiger partial charge in [-0.25, -0.2) is 0 Å². The van der Waals surface area contributed by atoms with E-state index < -0.39 is 18.0 Å². The molecule has 0 radical (unpaired) electrons. The second-order valence-electron chi connectivity index (χ2n) is 4.31. The monoisotopic (exact) mass is 292 g/mol. The molecule has 21 heavy (non-hydrogen) atoms. The molecule has 1 heterocycles. The summed E-state index contributed by atoms with van der Waals surface area (Å²) in [7, 11) is 0. The zero-order valence-electron chi connectivity index (χ0n) is 12.1. The van der Waals surface area contributed by atoms with Crippen LogP contribution in [0.25, 0.3) is 0 Å². The minimum absolute atomic E-state index is 0.0681.